The summed E-state index contributed by atoms with van der Waals surface area (Å²) in [4.78, 5) is 9.75. The summed E-state index contributed by atoms with van der Waals surface area (Å²) in [5.41, 5.74) is 0. The highest BCUT2D eigenvalue weighted by molar-refractivity contribution is 6.10. The van der Waals surface area contributed by atoms with Gasteiger partial charge in [-0.2, -0.15) is 4.00 Å². The van der Waals surface area contributed by atoms with E-state index in [1.807, 2.05) is 0 Å². The van der Waals surface area contributed by atoms with E-state index in [0.717, 1.165) is 0 Å². The van der Waals surface area contributed by atoms with E-state index in [4.69, 9.17) is 11.8 Å². The summed E-state index contributed by atoms with van der Waals surface area (Å²) >= 11 is 5.14. The maximum Gasteiger partial charge on any atom is 0.275 e. The van der Waals surface area contributed by atoms with Crippen LogP contribution < -0.4 is 5.11 Å². The van der Waals surface area contributed by atoms with Crippen molar-refractivity contribution in [1.29, 1.82) is 0 Å². The van der Waals surface area contributed by atoms with Crippen molar-refractivity contribution in [2.24, 2.45) is 0 Å². The summed E-state index contributed by atoms with van der Waals surface area (Å²) in [5.74, 6) is 0. The Kier molecular flexibility index (Phi) is 1.61. The second-order valence-corrected chi connectivity index (χ2v) is 2.43. The quantitative estimate of drug-likeness (QED) is 0.410. The summed E-state index contributed by atoms with van der Waals surface area (Å²) in [5, 5.41) is 9.75. The lowest BCUT2D eigenvalue weighted by molar-refractivity contribution is -0.723. The number of hydrogen-bond donors (Lipinski definition) is 0. The molecule has 0 atom stereocenters. The van der Waals surface area contributed by atoms with Crippen molar-refractivity contribution < 1.29 is 13.9 Å². The molecule has 0 aliphatic heterocycles. The highest BCUT2D eigenvalue weighted by Crippen LogP contribution is 1.98. The Hall–Kier alpha value is -0.280. The molecule has 0 aliphatic rings. The number of hydrogen-bond acceptors (Lipinski definition) is 2. The molecule has 3 nitrogen and oxygen atoms in total. The zero-order valence-corrected chi connectivity index (χ0v) is 4.90. The lowest BCUT2D eigenvalue weighted by atomic mass is 10.9. The van der Waals surface area contributed by atoms with Crippen molar-refractivity contribution in [3.8, 4) is 0 Å². The van der Waals surface area contributed by atoms with Crippen molar-refractivity contribution >= 4 is 17.9 Å². The average molecular weight is 124 g/mol. The second kappa shape index (κ2) is 1.68. The van der Waals surface area contributed by atoms with Gasteiger partial charge in [0.1, 0.15) is 0 Å². The maximum absolute atomic E-state index is 9.75. The molecule has 0 aromatic heterocycles. The lowest BCUT2D eigenvalue weighted by Gasteiger charge is -2.15. The van der Waals surface area contributed by atoms with E-state index in [0.29, 0.717) is 0 Å². The molecule has 0 aromatic carbocycles. The summed E-state index contributed by atoms with van der Waals surface area (Å²) in [6.07, 6.45) is -1.30. The zero-order chi connectivity index (χ0) is 6.08. The zero-order valence-electron chi connectivity index (χ0n) is 4.14. The van der Waals surface area contributed by atoms with Crippen molar-refractivity contribution in [3.05, 3.63) is 0 Å². The number of quaternary nitrogens is 1. The molecular formula is C3H6ClNO2. The van der Waals surface area contributed by atoms with E-state index in [-0.39, 0.29) is 0 Å². The van der Waals surface area contributed by atoms with Gasteiger partial charge in [-0.25, -0.2) is 0 Å². The van der Waals surface area contributed by atoms with Gasteiger partial charge in [0.25, 0.3) is 6.09 Å². The van der Waals surface area contributed by atoms with Crippen LogP contribution in [0, 0.1) is 0 Å². The van der Waals surface area contributed by atoms with Gasteiger partial charge < -0.3 is 9.90 Å². The molecule has 0 aliphatic carbocycles. The minimum atomic E-state index is -1.30. The molecule has 1 amide bonds. The third-order valence-electron chi connectivity index (χ3n) is 0.434. The third kappa shape index (κ3) is 2.42. The molecule has 0 radical (unpaired) electrons. The molecule has 0 saturated heterocycles. The number of carbonyl (C=O) groups is 1. The smallest absolute Gasteiger partial charge is 0.275 e. The average Bonchev–Trinajstić information content (AvgIpc) is 1.31. The van der Waals surface area contributed by atoms with Crippen LogP contribution in [0.2, 0.25) is 0 Å². The van der Waals surface area contributed by atoms with Gasteiger partial charge in [0, 0.05) is 0 Å². The molecule has 0 heterocycles. The number of nitrogens with zero attached hydrogens (tertiary/aromatic N) is 1. The van der Waals surface area contributed by atoms with E-state index >= 15 is 0 Å². The third-order valence-corrected chi connectivity index (χ3v) is 0.572. The Morgan fingerprint density at radius 2 is 1.86 bits per heavy atom. The normalized spacial score (nSPS) is 11.3. The fourth-order valence-corrected chi connectivity index (χ4v) is 0. The largest absolute Gasteiger partial charge is 0.497 e. The van der Waals surface area contributed by atoms with Crippen LogP contribution in [0.5, 0.6) is 0 Å². The van der Waals surface area contributed by atoms with Crippen LogP contribution in [-0.4, -0.2) is 24.2 Å². The molecule has 0 saturated carbocycles. The van der Waals surface area contributed by atoms with Gasteiger partial charge in [0.2, 0.25) is 0 Å². The SMILES string of the molecule is C[N+](C)(Cl)C(=O)[O-]. The monoisotopic (exact) mass is 123 g/mol. The van der Waals surface area contributed by atoms with Crippen LogP contribution in [0.1, 0.15) is 0 Å². The minimum Gasteiger partial charge on any atom is -0.497 e. The summed E-state index contributed by atoms with van der Waals surface area (Å²) in [6.45, 7) is 0. The Labute approximate surface area is 46.8 Å². The van der Waals surface area contributed by atoms with E-state index in [1.165, 1.54) is 14.1 Å². The predicted molar refractivity (Wildman–Crippen MR) is 23.4 cm³/mol. The van der Waals surface area contributed by atoms with E-state index in [2.05, 4.69) is 0 Å². The van der Waals surface area contributed by atoms with Crippen LogP contribution >= 0.6 is 11.8 Å². The predicted octanol–water partition coefficient (Wildman–Crippen LogP) is -0.440. The number of carboxylic acid groups (broad SMARTS) is 1. The van der Waals surface area contributed by atoms with Gasteiger partial charge >= 0.3 is 0 Å². The fraction of sp³-hybridized carbons (Fsp3) is 0.667. The van der Waals surface area contributed by atoms with Crippen LogP contribution in [0.25, 0.3) is 0 Å². The molecule has 42 valence electrons. The molecule has 4 heteroatoms. The number of amides is 1. The van der Waals surface area contributed by atoms with Crippen LogP contribution in [0.3, 0.4) is 0 Å². The van der Waals surface area contributed by atoms with E-state index in [9.17, 15) is 9.90 Å². The Morgan fingerprint density at radius 1 is 1.71 bits per heavy atom. The summed E-state index contributed by atoms with van der Waals surface area (Å²) < 4.78 is -0.667. The fourth-order valence-electron chi connectivity index (χ4n) is 0. The number of carbonyl (C=O) groups excluding carboxylic acids is 1. The highest BCUT2D eigenvalue weighted by Gasteiger charge is 2.12. The first-order valence-corrected chi connectivity index (χ1v) is 2.03. The molecule has 0 fully saturated rings. The van der Waals surface area contributed by atoms with Crippen molar-refractivity contribution in [1.82, 2.24) is 0 Å². The molecule has 0 aromatic rings. The summed E-state index contributed by atoms with van der Waals surface area (Å²) in [6, 6.07) is 0. The van der Waals surface area contributed by atoms with Crippen molar-refractivity contribution in [2.45, 2.75) is 0 Å². The van der Waals surface area contributed by atoms with Gasteiger partial charge in [-0.15, -0.1) is 0 Å². The highest BCUT2D eigenvalue weighted by atomic mass is 35.5. The molecular weight excluding hydrogens is 117 g/mol. The molecule has 0 unspecified atom stereocenters. The van der Waals surface area contributed by atoms with Gasteiger partial charge in [0.05, 0.1) is 14.1 Å². The number of halogens is 1. The maximum atomic E-state index is 9.75. The van der Waals surface area contributed by atoms with Gasteiger partial charge in [-0.3, -0.25) is 0 Å². The molecule has 0 bridgehead atoms. The summed E-state index contributed by atoms with van der Waals surface area (Å²) in [7, 11) is 2.60. The van der Waals surface area contributed by atoms with Gasteiger partial charge in [-0.1, -0.05) is 0 Å². The topological polar surface area (TPSA) is 40.1 Å². The molecule has 0 N–H and O–H groups in total. The molecule has 0 spiro atoms. The van der Waals surface area contributed by atoms with Gasteiger partial charge in [0.15, 0.2) is 11.8 Å². The Bertz CT molecular complexity index is 85.4. The minimum absolute atomic E-state index is 0.667. The Balaban J connectivity index is 3.79. The standard InChI is InChI=1S/C3H6ClNO2/c1-5(2,4)3(6)7/h1-2H3. The van der Waals surface area contributed by atoms with Gasteiger partial charge in [-0.05, 0) is 0 Å². The first-order chi connectivity index (χ1) is 2.94. The Morgan fingerprint density at radius 3 is 1.86 bits per heavy atom. The van der Waals surface area contributed by atoms with E-state index in [1.54, 1.807) is 0 Å². The van der Waals surface area contributed by atoms with Crippen LogP contribution in [-0.2, 0) is 0 Å². The van der Waals surface area contributed by atoms with Crippen LogP contribution in [0.15, 0.2) is 0 Å². The second-order valence-electron chi connectivity index (χ2n) is 1.58. The first kappa shape index (κ1) is 6.72. The van der Waals surface area contributed by atoms with E-state index < -0.39 is 10.1 Å². The van der Waals surface area contributed by atoms with Crippen molar-refractivity contribution in [3.63, 3.8) is 0 Å². The van der Waals surface area contributed by atoms with Crippen molar-refractivity contribution in [2.75, 3.05) is 14.1 Å². The lowest BCUT2D eigenvalue weighted by Crippen LogP contribution is -2.45. The first-order valence-electron chi connectivity index (χ1n) is 1.70. The molecule has 0 rings (SSSR count). The van der Waals surface area contributed by atoms with Crippen LogP contribution in [0.4, 0.5) is 4.79 Å². The molecule has 7 heavy (non-hydrogen) atoms. The number of rotatable bonds is 0.